The molecule has 3 N–H and O–H groups in total. The second-order valence-electron chi connectivity index (χ2n) is 22.1. The summed E-state index contributed by atoms with van der Waals surface area (Å²) in [5.41, 5.74) is 0. The number of hydrogen-bond acceptors (Lipinski definition) is 5. The Morgan fingerprint density at radius 2 is 0.694 bits per heavy atom. The van der Waals surface area contributed by atoms with Crippen LogP contribution in [0, 0.1) is 0 Å². The highest BCUT2D eigenvalue weighted by Crippen LogP contribution is 2.18. The number of aliphatic hydroxyl groups excluding tert-OH is 2. The number of carbonyl (C=O) groups is 2. The Morgan fingerprint density at radius 3 is 1.08 bits per heavy atom. The number of unbranched alkanes of at least 4 members (excludes halogenated alkanes) is 45. The van der Waals surface area contributed by atoms with Gasteiger partial charge in [-0.05, 0) is 64.2 Å². The third-order valence-corrected chi connectivity index (χ3v) is 14.9. The van der Waals surface area contributed by atoms with Gasteiger partial charge in [-0.3, -0.25) is 9.59 Å². The largest absolute Gasteiger partial charge is 0.466 e. The van der Waals surface area contributed by atoms with Crippen LogP contribution in [0.1, 0.15) is 348 Å². The van der Waals surface area contributed by atoms with Crippen LogP contribution in [-0.2, 0) is 14.3 Å². The first-order valence-electron chi connectivity index (χ1n) is 32.3. The number of ether oxygens (including phenoxy) is 1. The van der Waals surface area contributed by atoms with Crippen LogP contribution in [0.3, 0.4) is 0 Å². The lowest BCUT2D eigenvalue weighted by Crippen LogP contribution is -2.45. The van der Waals surface area contributed by atoms with E-state index in [4.69, 9.17) is 4.74 Å². The van der Waals surface area contributed by atoms with Crippen LogP contribution in [0.5, 0.6) is 0 Å². The molecular weight excluding hydrogens is 887 g/mol. The van der Waals surface area contributed by atoms with Gasteiger partial charge in [-0.2, -0.15) is 0 Å². The molecule has 0 saturated carbocycles. The normalized spacial score (nSPS) is 12.8. The maximum atomic E-state index is 12.5. The third-order valence-electron chi connectivity index (χ3n) is 14.9. The molecule has 424 valence electrons. The zero-order valence-electron chi connectivity index (χ0n) is 48.4. The molecule has 0 heterocycles. The van der Waals surface area contributed by atoms with E-state index in [0.717, 1.165) is 51.4 Å². The molecule has 0 rings (SSSR count). The van der Waals surface area contributed by atoms with Gasteiger partial charge in [-0.1, -0.05) is 307 Å². The van der Waals surface area contributed by atoms with Crippen molar-refractivity contribution in [2.45, 2.75) is 360 Å². The van der Waals surface area contributed by atoms with Gasteiger partial charge >= 0.3 is 5.97 Å². The molecule has 72 heavy (non-hydrogen) atoms. The van der Waals surface area contributed by atoms with Crippen LogP contribution in [0.15, 0.2) is 36.5 Å². The molecule has 6 nitrogen and oxygen atoms in total. The molecule has 0 aromatic rings. The molecule has 0 aromatic carbocycles. The van der Waals surface area contributed by atoms with E-state index in [-0.39, 0.29) is 18.5 Å². The second-order valence-corrected chi connectivity index (χ2v) is 22.1. The number of allylic oxidation sites excluding steroid dienone is 5. The van der Waals surface area contributed by atoms with Crippen LogP contribution < -0.4 is 5.32 Å². The Morgan fingerprint density at radius 1 is 0.389 bits per heavy atom. The Hall–Kier alpha value is -1.92. The van der Waals surface area contributed by atoms with Crippen molar-refractivity contribution in [1.82, 2.24) is 5.32 Å². The van der Waals surface area contributed by atoms with E-state index in [1.165, 1.54) is 270 Å². The number of aliphatic hydroxyl groups is 2. The summed E-state index contributed by atoms with van der Waals surface area (Å²) in [5.74, 6) is -0.0629. The van der Waals surface area contributed by atoms with Gasteiger partial charge in [0.05, 0.1) is 25.4 Å². The summed E-state index contributed by atoms with van der Waals surface area (Å²) >= 11 is 0. The molecule has 2 unspecified atom stereocenters. The lowest BCUT2D eigenvalue weighted by atomic mass is 10.0. The molecule has 0 aliphatic carbocycles. The topological polar surface area (TPSA) is 95.9 Å². The van der Waals surface area contributed by atoms with Crippen LogP contribution in [0.4, 0.5) is 0 Å². The van der Waals surface area contributed by atoms with E-state index in [1.54, 1.807) is 6.08 Å². The molecule has 0 fully saturated rings. The number of rotatable bonds is 60. The van der Waals surface area contributed by atoms with Crippen molar-refractivity contribution in [3.63, 3.8) is 0 Å². The Labute approximate surface area is 449 Å². The van der Waals surface area contributed by atoms with Crippen LogP contribution in [0.2, 0.25) is 0 Å². The molecule has 2 atom stereocenters. The average Bonchev–Trinajstić information content (AvgIpc) is 3.38. The molecule has 0 spiro atoms. The smallest absolute Gasteiger partial charge is 0.305 e. The fraction of sp³-hybridized carbons (Fsp3) is 0.879. The van der Waals surface area contributed by atoms with Crippen molar-refractivity contribution in [2.75, 3.05) is 13.2 Å². The standard InChI is InChI=1S/C66H125NO5/c1-3-5-7-9-11-13-15-17-30-34-38-42-46-50-54-58-64(69)63(62-68)67-65(70)59-55-51-47-43-39-35-32-28-26-24-22-20-19-21-23-25-27-29-33-37-41-45-49-53-57-61-72-66(71)60-56-52-48-44-40-36-31-18-16-14-12-10-8-6-4-2/h12,14,18,31,54,58,63-64,68-69H,3-11,13,15-17,19-30,32-53,55-57,59-62H2,1-2H3,(H,67,70)/b14-12-,31-18-,58-54+. The molecule has 6 heteroatoms. The highest BCUT2D eigenvalue weighted by Gasteiger charge is 2.18. The Bertz CT molecular complexity index is 1170. The highest BCUT2D eigenvalue weighted by molar-refractivity contribution is 5.76. The van der Waals surface area contributed by atoms with Crippen LogP contribution >= 0.6 is 0 Å². The third kappa shape index (κ3) is 57.4. The summed E-state index contributed by atoms with van der Waals surface area (Å²) in [6.07, 6.45) is 77.6. The summed E-state index contributed by atoms with van der Waals surface area (Å²) in [6, 6.07) is -0.626. The SMILES string of the molecule is CCCCC/C=C\C/C=C\CCCCCCCC(=O)OCCCCCCCCCCCCCCCCCCCCCCCCCCCC(=O)NC(CO)C(O)/C=C/CCCCCCCCCCCCCCC. The van der Waals surface area contributed by atoms with Gasteiger partial charge in [0.15, 0.2) is 0 Å². The maximum absolute atomic E-state index is 12.5. The van der Waals surface area contributed by atoms with E-state index in [2.05, 4.69) is 43.5 Å². The minimum absolute atomic E-state index is 0.00201. The predicted molar refractivity (Wildman–Crippen MR) is 315 cm³/mol. The van der Waals surface area contributed by atoms with E-state index in [0.29, 0.717) is 19.4 Å². The number of amides is 1. The van der Waals surface area contributed by atoms with Crippen LogP contribution in [0.25, 0.3) is 0 Å². The summed E-state index contributed by atoms with van der Waals surface area (Å²) in [7, 11) is 0. The number of esters is 1. The van der Waals surface area contributed by atoms with Gasteiger partial charge in [0.25, 0.3) is 0 Å². The number of nitrogens with one attached hydrogen (secondary N) is 1. The van der Waals surface area contributed by atoms with Crippen molar-refractivity contribution >= 4 is 11.9 Å². The first-order chi connectivity index (χ1) is 35.5. The molecule has 0 aliphatic heterocycles. The molecular formula is C66H125NO5. The quantitative estimate of drug-likeness (QED) is 0.0320. The Balaban J connectivity index is 3.38. The average molecular weight is 1010 g/mol. The lowest BCUT2D eigenvalue weighted by molar-refractivity contribution is -0.143. The summed E-state index contributed by atoms with van der Waals surface area (Å²) in [6.45, 7) is 4.89. The van der Waals surface area contributed by atoms with Gasteiger partial charge in [0.2, 0.25) is 5.91 Å². The fourth-order valence-electron chi connectivity index (χ4n) is 9.96. The van der Waals surface area contributed by atoms with E-state index in [1.807, 2.05) is 6.08 Å². The predicted octanol–water partition coefficient (Wildman–Crippen LogP) is 20.4. The van der Waals surface area contributed by atoms with E-state index >= 15 is 0 Å². The molecule has 0 aromatic heterocycles. The zero-order chi connectivity index (χ0) is 52.2. The second kappa shape index (κ2) is 61.6. The minimum Gasteiger partial charge on any atom is -0.466 e. The van der Waals surface area contributed by atoms with Crippen molar-refractivity contribution in [3.05, 3.63) is 36.5 Å². The van der Waals surface area contributed by atoms with Crippen molar-refractivity contribution < 1.29 is 24.5 Å². The summed E-state index contributed by atoms with van der Waals surface area (Å²) in [5, 5.41) is 23.1. The van der Waals surface area contributed by atoms with Crippen LogP contribution in [-0.4, -0.2) is 47.4 Å². The maximum Gasteiger partial charge on any atom is 0.305 e. The van der Waals surface area contributed by atoms with Crippen molar-refractivity contribution in [1.29, 1.82) is 0 Å². The van der Waals surface area contributed by atoms with Crippen molar-refractivity contribution in [3.8, 4) is 0 Å². The molecule has 0 radical (unpaired) electrons. The summed E-state index contributed by atoms with van der Waals surface area (Å²) < 4.78 is 5.48. The number of carbonyl (C=O) groups excluding carboxylic acids is 2. The van der Waals surface area contributed by atoms with Gasteiger partial charge < -0.3 is 20.3 Å². The molecule has 0 saturated heterocycles. The van der Waals surface area contributed by atoms with E-state index < -0.39 is 12.1 Å². The summed E-state index contributed by atoms with van der Waals surface area (Å²) in [4.78, 5) is 24.5. The zero-order valence-corrected chi connectivity index (χ0v) is 48.4. The fourth-order valence-corrected chi connectivity index (χ4v) is 9.96. The Kier molecular flexibility index (Phi) is 60.0. The molecule has 0 bridgehead atoms. The van der Waals surface area contributed by atoms with Gasteiger partial charge in [-0.25, -0.2) is 0 Å². The van der Waals surface area contributed by atoms with Gasteiger partial charge in [0, 0.05) is 12.8 Å². The first-order valence-corrected chi connectivity index (χ1v) is 32.3. The van der Waals surface area contributed by atoms with Gasteiger partial charge in [-0.15, -0.1) is 0 Å². The highest BCUT2D eigenvalue weighted by atomic mass is 16.5. The lowest BCUT2D eigenvalue weighted by Gasteiger charge is -2.20. The van der Waals surface area contributed by atoms with Crippen molar-refractivity contribution in [2.24, 2.45) is 0 Å². The van der Waals surface area contributed by atoms with Gasteiger partial charge in [0.1, 0.15) is 0 Å². The monoisotopic (exact) mass is 1010 g/mol. The molecule has 1 amide bonds. The minimum atomic E-state index is -0.843. The van der Waals surface area contributed by atoms with E-state index in [9.17, 15) is 19.8 Å². The number of hydrogen-bond donors (Lipinski definition) is 3. The first kappa shape index (κ1) is 70.1. The molecule has 0 aliphatic rings.